The van der Waals surface area contributed by atoms with E-state index in [1.54, 1.807) is 16.7 Å². The number of aromatic nitrogens is 4. The van der Waals surface area contributed by atoms with Crippen LogP contribution in [0.15, 0.2) is 48.5 Å². The van der Waals surface area contributed by atoms with Crippen molar-refractivity contribution in [1.29, 1.82) is 0 Å². The van der Waals surface area contributed by atoms with Crippen LogP contribution in [0.1, 0.15) is 17.8 Å². The van der Waals surface area contributed by atoms with Crippen molar-refractivity contribution < 1.29 is 14.3 Å². The molecule has 2 aliphatic rings. The van der Waals surface area contributed by atoms with Gasteiger partial charge in [0.15, 0.2) is 5.82 Å². The second-order valence-electron chi connectivity index (χ2n) is 9.05. The van der Waals surface area contributed by atoms with Crippen LogP contribution in [-0.4, -0.2) is 81.7 Å². The summed E-state index contributed by atoms with van der Waals surface area (Å²) < 4.78 is 7.03. The van der Waals surface area contributed by atoms with Crippen molar-refractivity contribution >= 4 is 17.5 Å². The molecule has 0 radical (unpaired) electrons. The van der Waals surface area contributed by atoms with Gasteiger partial charge in [0.05, 0.1) is 25.3 Å². The second-order valence-corrected chi connectivity index (χ2v) is 9.05. The van der Waals surface area contributed by atoms with Gasteiger partial charge in [0.2, 0.25) is 11.8 Å². The molecule has 0 saturated carbocycles. The number of hydrogen-bond acceptors (Lipinski definition) is 7. The molecule has 1 unspecified atom stereocenters. The van der Waals surface area contributed by atoms with Gasteiger partial charge in [-0.25, -0.2) is 0 Å². The van der Waals surface area contributed by atoms with Crippen LogP contribution in [0.5, 0.6) is 5.75 Å². The van der Waals surface area contributed by atoms with Crippen LogP contribution in [0.3, 0.4) is 0 Å². The van der Waals surface area contributed by atoms with Crippen molar-refractivity contribution in [2.24, 2.45) is 5.92 Å². The molecule has 10 nitrogen and oxygen atoms in total. The van der Waals surface area contributed by atoms with Crippen LogP contribution in [-0.2, 0) is 16.1 Å². The number of carbonyl (C=O) groups is 2. The van der Waals surface area contributed by atoms with E-state index in [1.165, 1.54) is 5.56 Å². The highest BCUT2D eigenvalue weighted by molar-refractivity contribution is 6.00. The minimum atomic E-state index is -0.325. The summed E-state index contributed by atoms with van der Waals surface area (Å²) in [4.78, 5) is 31.7. The van der Waals surface area contributed by atoms with Gasteiger partial charge in [-0.1, -0.05) is 23.8 Å². The largest absolute Gasteiger partial charge is 0.497 e. The van der Waals surface area contributed by atoms with E-state index in [0.717, 1.165) is 30.3 Å². The van der Waals surface area contributed by atoms with Gasteiger partial charge in [-0.3, -0.25) is 14.5 Å². The highest BCUT2D eigenvalue weighted by Gasteiger charge is 2.38. The lowest BCUT2D eigenvalue weighted by Gasteiger charge is -2.35. The lowest BCUT2D eigenvalue weighted by atomic mass is 10.1. The number of tetrazole rings is 1. The fourth-order valence-corrected chi connectivity index (χ4v) is 4.68. The Hall–Kier alpha value is -3.79. The average molecular weight is 476 g/mol. The van der Waals surface area contributed by atoms with Gasteiger partial charge >= 0.3 is 0 Å². The number of benzene rings is 2. The van der Waals surface area contributed by atoms with Crippen molar-refractivity contribution in [3.63, 3.8) is 0 Å². The van der Waals surface area contributed by atoms with Gasteiger partial charge in [0.25, 0.3) is 0 Å². The molecule has 0 N–H and O–H groups in total. The zero-order valence-electron chi connectivity index (χ0n) is 20.0. The van der Waals surface area contributed by atoms with E-state index in [1.807, 2.05) is 60.4 Å². The van der Waals surface area contributed by atoms with Crippen LogP contribution in [0.25, 0.3) is 5.69 Å². The van der Waals surface area contributed by atoms with Gasteiger partial charge in [0.1, 0.15) is 5.75 Å². The number of hydrogen-bond donors (Lipinski definition) is 0. The third kappa shape index (κ3) is 4.88. The molecule has 0 bridgehead atoms. The molecule has 5 rings (SSSR count). The molecular formula is C25H29N7O3. The summed E-state index contributed by atoms with van der Waals surface area (Å²) in [6.45, 7) is 5.75. The van der Waals surface area contributed by atoms with Gasteiger partial charge in [-0.15, -0.1) is 5.10 Å². The van der Waals surface area contributed by atoms with Gasteiger partial charge < -0.3 is 14.5 Å². The van der Waals surface area contributed by atoms with Gasteiger partial charge in [0, 0.05) is 50.9 Å². The third-order valence-electron chi connectivity index (χ3n) is 6.70. The second kappa shape index (κ2) is 9.83. The van der Waals surface area contributed by atoms with Crippen LogP contribution in [0.2, 0.25) is 0 Å². The Morgan fingerprint density at radius 3 is 2.57 bits per heavy atom. The van der Waals surface area contributed by atoms with Crippen molar-refractivity contribution in [2.75, 3.05) is 44.7 Å². The van der Waals surface area contributed by atoms with E-state index in [-0.39, 0.29) is 24.2 Å². The molecule has 182 valence electrons. The molecule has 2 fully saturated rings. The minimum absolute atomic E-state index is 0.0295. The maximum absolute atomic E-state index is 13.2. The number of anilines is 1. The molecule has 2 saturated heterocycles. The first-order chi connectivity index (χ1) is 17.0. The molecule has 3 aromatic rings. The first-order valence-electron chi connectivity index (χ1n) is 11.8. The molecule has 10 heteroatoms. The quantitative estimate of drug-likeness (QED) is 0.535. The van der Waals surface area contributed by atoms with E-state index in [2.05, 4.69) is 20.4 Å². The predicted molar refractivity (Wildman–Crippen MR) is 129 cm³/mol. The van der Waals surface area contributed by atoms with E-state index in [9.17, 15) is 9.59 Å². The Bertz CT molecular complexity index is 1200. The number of aryl methyl sites for hydroxylation is 1. The van der Waals surface area contributed by atoms with E-state index < -0.39 is 0 Å². The molecule has 0 spiro atoms. The summed E-state index contributed by atoms with van der Waals surface area (Å²) in [6.07, 6.45) is 0.238. The molecule has 3 heterocycles. The highest BCUT2D eigenvalue weighted by atomic mass is 16.5. The van der Waals surface area contributed by atoms with Crippen LogP contribution >= 0.6 is 0 Å². The van der Waals surface area contributed by atoms with Gasteiger partial charge in [-0.2, -0.15) is 4.68 Å². The van der Waals surface area contributed by atoms with Crippen LogP contribution in [0, 0.1) is 12.8 Å². The maximum Gasteiger partial charge on any atom is 0.228 e. The summed E-state index contributed by atoms with van der Waals surface area (Å²) in [5, 5.41) is 12.2. The number of methoxy groups -OCH3 is 1. The summed E-state index contributed by atoms with van der Waals surface area (Å²) >= 11 is 0. The number of carbonyl (C=O) groups excluding carboxylic acids is 2. The van der Waals surface area contributed by atoms with Crippen molar-refractivity contribution in [3.8, 4) is 11.4 Å². The molecule has 35 heavy (non-hydrogen) atoms. The summed E-state index contributed by atoms with van der Waals surface area (Å²) in [7, 11) is 1.60. The van der Waals surface area contributed by atoms with Crippen LogP contribution < -0.4 is 9.64 Å². The lowest BCUT2D eigenvalue weighted by molar-refractivity contribution is -0.137. The Morgan fingerprint density at radius 1 is 1.06 bits per heavy atom. The van der Waals surface area contributed by atoms with E-state index in [0.29, 0.717) is 31.9 Å². The Balaban J connectivity index is 1.17. The SMILES string of the molecule is COc1cccc(N2CC(C(=O)N3CCN(Cc4nnnn4-c4ccc(C)cc4)CC3)CC2=O)c1. The monoisotopic (exact) mass is 475 g/mol. The highest BCUT2D eigenvalue weighted by Crippen LogP contribution is 2.29. The summed E-state index contributed by atoms with van der Waals surface area (Å²) in [6, 6.07) is 15.5. The number of ether oxygens (including phenoxy) is 1. The molecule has 1 aromatic heterocycles. The number of amides is 2. The fraction of sp³-hybridized carbons (Fsp3) is 0.400. The van der Waals surface area contributed by atoms with Crippen molar-refractivity contribution in [1.82, 2.24) is 30.0 Å². The Kier molecular flexibility index (Phi) is 6.45. The number of nitrogens with zero attached hydrogens (tertiary/aromatic N) is 7. The molecule has 2 aliphatic heterocycles. The Morgan fingerprint density at radius 2 is 1.83 bits per heavy atom. The molecule has 1 atom stereocenters. The summed E-state index contributed by atoms with van der Waals surface area (Å²) in [5.74, 6) is 1.15. The first kappa shape index (κ1) is 23.0. The smallest absolute Gasteiger partial charge is 0.228 e. The fourth-order valence-electron chi connectivity index (χ4n) is 4.68. The Labute approximate surface area is 204 Å². The van der Waals surface area contributed by atoms with Gasteiger partial charge in [-0.05, 0) is 41.6 Å². The third-order valence-corrected chi connectivity index (χ3v) is 6.70. The molecular weight excluding hydrogens is 446 g/mol. The van der Waals surface area contributed by atoms with E-state index >= 15 is 0 Å². The number of piperazine rings is 1. The zero-order valence-corrected chi connectivity index (χ0v) is 20.0. The first-order valence-corrected chi connectivity index (χ1v) is 11.8. The van der Waals surface area contributed by atoms with E-state index in [4.69, 9.17) is 4.74 Å². The standard InChI is InChI=1S/C25H29N7O3/c1-18-6-8-20(9-7-18)32-23(26-27-28-32)17-29-10-12-30(13-11-29)25(34)19-14-24(33)31(16-19)21-4-3-5-22(15-21)35-2/h3-9,15,19H,10-14,16-17H2,1-2H3. The molecule has 2 amide bonds. The number of rotatable bonds is 6. The maximum atomic E-state index is 13.2. The lowest BCUT2D eigenvalue weighted by Crippen LogP contribution is -2.50. The minimum Gasteiger partial charge on any atom is -0.497 e. The average Bonchev–Trinajstić information content (AvgIpc) is 3.51. The van der Waals surface area contributed by atoms with Crippen LogP contribution in [0.4, 0.5) is 5.69 Å². The normalized spacial score (nSPS) is 18.8. The van der Waals surface area contributed by atoms with Crippen molar-refractivity contribution in [2.45, 2.75) is 19.9 Å². The topological polar surface area (TPSA) is 96.7 Å². The predicted octanol–water partition coefficient (Wildman–Crippen LogP) is 1.68. The summed E-state index contributed by atoms with van der Waals surface area (Å²) in [5.41, 5.74) is 2.87. The van der Waals surface area contributed by atoms with Crippen molar-refractivity contribution in [3.05, 3.63) is 59.9 Å². The molecule has 2 aromatic carbocycles. The zero-order chi connectivity index (χ0) is 24.4. The molecule has 0 aliphatic carbocycles.